The number of hydrogen-bond acceptors (Lipinski definition) is 4. The second-order valence-electron chi connectivity index (χ2n) is 5.77. The average molecular weight is 374 g/mol. The van der Waals surface area contributed by atoms with Crippen LogP contribution in [0.3, 0.4) is 0 Å². The van der Waals surface area contributed by atoms with Crippen molar-refractivity contribution in [2.24, 2.45) is 12.0 Å². The number of guanidine groups is 1. The summed E-state index contributed by atoms with van der Waals surface area (Å²) in [5.41, 5.74) is 1.17. The van der Waals surface area contributed by atoms with Crippen LogP contribution in [0.5, 0.6) is 0 Å². The quantitative estimate of drug-likeness (QED) is 0.578. The lowest BCUT2D eigenvalue weighted by Crippen LogP contribution is -2.44. The molecule has 0 aliphatic carbocycles. The van der Waals surface area contributed by atoms with Gasteiger partial charge in [0.05, 0.1) is 12.3 Å². The minimum atomic E-state index is -3.19. The molecule has 7 nitrogen and oxygen atoms in total. The van der Waals surface area contributed by atoms with E-state index in [2.05, 4.69) is 20.9 Å². The Morgan fingerprint density at radius 3 is 2.71 bits per heavy atom. The van der Waals surface area contributed by atoms with Gasteiger partial charge < -0.3 is 14.8 Å². The van der Waals surface area contributed by atoms with Crippen molar-refractivity contribution in [3.63, 3.8) is 0 Å². The van der Waals surface area contributed by atoms with Crippen molar-refractivity contribution in [1.29, 1.82) is 0 Å². The zero-order valence-corrected chi connectivity index (χ0v) is 16.2. The highest BCUT2D eigenvalue weighted by Gasteiger charge is 2.23. The molecule has 0 unspecified atom stereocenters. The maximum Gasteiger partial charge on any atom is 0.215 e. The molecule has 1 saturated heterocycles. The largest absolute Gasteiger partial charge is 0.355 e. The fraction of sp³-hybridized carbons (Fsp3) is 0.667. The van der Waals surface area contributed by atoms with Crippen LogP contribution in [0.2, 0.25) is 0 Å². The summed E-state index contributed by atoms with van der Waals surface area (Å²) in [6, 6.07) is 4.06. The van der Waals surface area contributed by atoms with Crippen molar-refractivity contribution in [2.45, 2.75) is 6.54 Å². The van der Waals surface area contributed by atoms with Crippen molar-refractivity contribution in [3.05, 3.63) is 24.0 Å². The van der Waals surface area contributed by atoms with Gasteiger partial charge in [-0.05, 0) is 12.1 Å². The Bertz CT molecular complexity index is 651. The van der Waals surface area contributed by atoms with E-state index in [1.54, 1.807) is 23.1 Å². The first-order valence-electron chi connectivity index (χ1n) is 8.01. The van der Waals surface area contributed by atoms with Crippen molar-refractivity contribution >= 4 is 27.7 Å². The van der Waals surface area contributed by atoms with Gasteiger partial charge in [0.25, 0.3) is 0 Å². The first-order chi connectivity index (χ1) is 11.4. The van der Waals surface area contributed by atoms with Crippen LogP contribution in [0.4, 0.5) is 0 Å². The highest BCUT2D eigenvalue weighted by molar-refractivity contribution is 7.99. The van der Waals surface area contributed by atoms with Crippen LogP contribution in [0.25, 0.3) is 0 Å². The minimum Gasteiger partial charge on any atom is -0.355 e. The number of aryl methyl sites for hydroxylation is 1. The van der Waals surface area contributed by atoms with Crippen LogP contribution in [0.1, 0.15) is 5.69 Å². The van der Waals surface area contributed by atoms with E-state index in [4.69, 9.17) is 0 Å². The summed E-state index contributed by atoms with van der Waals surface area (Å²) >= 11 is 1.80. The molecule has 1 fully saturated rings. The van der Waals surface area contributed by atoms with Gasteiger partial charge in [-0.1, -0.05) is 0 Å². The van der Waals surface area contributed by atoms with E-state index < -0.39 is 10.0 Å². The molecule has 136 valence electrons. The Kier molecular flexibility index (Phi) is 7.00. The zero-order valence-electron chi connectivity index (χ0n) is 14.6. The summed E-state index contributed by atoms with van der Waals surface area (Å²) in [6.45, 7) is 2.31. The molecule has 1 aliphatic heterocycles. The summed E-state index contributed by atoms with van der Waals surface area (Å²) in [6.07, 6.45) is 2.00. The Morgan fingerprint density at radius 1 is 1.42 bits per heavy atom. The number of hydrogen-bond donors (Lipinski definition) is 1. The number of sulfonamides is 1. The van der Waals surface area contributed by atoms with Gasteiger partial charge in [0, 0.05) is 64.2 Å². The van der Waals surface area contributed by atoms with E-state index >= 15 is 0 Å². The lowest BCUT2D eigenvalue weighted by molar-refractivity contribution is 0.441. The molecule has 0 bridgehead atoms. The third-order valence-electron chi connectivity index (χ3n) is 4.03. The van der Waals surface area contributed by atoms with Crippen LogP contribution < -0.4 is 5.32 Å². The molecule has 1 aromatic rings. The number of aliphatic imine (C=N–C) groups is 1. The molecule has 24 heavy (non-hydrogen) atoms. The minimum absolute atomic E-state index is 0.0919. The maximum absolute atomic E-state index is 12.3. The van der Waals surface area contributed by atoms with Crippen LogP contribution in [0.15, 0.2) is 23.3 Å². The smallest absolute Gasteiger partial charge is 0.215 e. The summed E-state index contributed by atoms with van der Waals surface area (Å²) < 4.78 is 28.3. The number of nitrogens with zero attached hydrogens (tertiary/aromatic N) is 4. The Labute approximate surface area is 149 Å². The Morgan fingerprint density at radius 2 is 2.12 bits per heavy atom. The van der Waals surface area contributed by atoms with Crippen molar-refractivity contribution < 1.29 is 8.42 Å². The van der Waals surface area contributed by atoms with Crippen LogP contribution in [-0.4, -0.2) is 79.1 Å². The standard InChI is InChI=1S/C15H27N5O2S2/c1-16-15(19(3)13-14-5-4-7-18(14)2)17-6-12-24(21,22)20-8-10-23-11-9-20/h4-5,7H,6,8-13H2,1-3H3,(H,16,17). The third-order valence-corrected chi connectivity index (χ3v) is 6.84. The molecular weight excluding hydrogens is 346 g/mol. The van der Waals surface area contributed by atoms with Crippen molar-refractivity contribution in [2.75, 3.05) is 51.0 Å². The number of thioether (sulfide) groups is 1. The second-order valence-corrected chi connectivity index (χ2v) is 9.08. The molecule has 0 radical (unpaired) electrons. The Hall–Kier alpha value is -1.19. The van der Waals surface area contributed by atoms with Crippen molar-refractivity contribution in [3.8, 4) is 0 Å². The van der Waals surface area contributed by atoms with Gasteiger partial charge >= 0.3 is 0 Å². The van der Waals surface area contributed by atoms with E-state index in [0.29, 0.717) is 32.1 Å². The zero-order chi connectivity index (χ0) is 17.6. The third kappa shape index (κ3) is 5.15. The van der Waals surface area contributed by atoms with E-state index in [9.17, 15) is 8.42 Å². The monoisotopic (exact) mass is 373 g/mol. The van der Waals surface area contributed by atoms with Gasteiger partial charge in [-0.2, -0.15) is 11.8 Å². The molecule has 2 heterocycles. The highest BCUT2D eigenvalue weighted by atomic mass is 32.2. The summed E-state index contributed by atoms with van der Waals surface area (Å²) in [7, 11) is 2.46. The van der Waals surface area contributed by atoms with Gasteiger partial charge in [0.2, 0.25) is 10.0 Å². The number of rotatable bonds is 6. The SMILES string of the molecule is CN=C(NCCS(=O)(=O)N1CCSCC1)N(C)Cc1cccn1C. The molecule has 1 aliphatic rings. The molecule has 1 aromatic heterocycles. The second kappa shape index (κ2) is 8.77. The topological polar surface area (TPSA) is 69.9 Å². The average Bonchev–Trinajstić information content (AvgIpc) is 2.97. The Balaban J connectivity index is 1.83. The predicted octanol–water partition coefficient (Wildman–Crippen LogP) is 0.411. The first-order valence-corrected chi connectivity index (χ1v) is 10.8. The van der Waals surface area contributed by atoms with E-state index in [1.165, 1.54) is 5.69 Å². The lowest BCUT2D eigenvalue weighted by Gasteiger charge is -2.26. The summed E-state index contributed by atoms with van der Waals surface area (Å²) in [5, 5.41) is 3.15. The molecule has 0 aromatic carbocycles. The molecule has 9 heteroatoms. The van der Waals surface area contributed by atoms with Crippen LogP contribution in [-0.2, 0) is 23.6 Å². The van der Waals surface area contributed by atoms with Gasteiger partial charge in [-0.15, -0.1) is 0 Å². The van der Waals surface area contributed by atoms with E-state index in [1.807, 2.05) is 31.3 Å². The number of aromatic nitrogens is 1. The molecule has 1 N–H and O–H groups in total. The molecular formula is C15H27N5O2S2. The van der Waals surface area contributed by atoms with Gasteiger partial charge in [-0.25, -0.2) is 12.7 Å². The normalized spacial score (nSPS) is 17.0. The van der Waals surface area contributed by atoms with Crippen LogP contribution in [0, 0.1) is 0 Å². The van der Waals surface area contributed by atoms with Gasteiger partial charge in [0.15, 0.2) is 5.96 Å². The predicted molar refractivity (Wildman–Crippen MR) is 101 cm³/mol. The summed E-state index contributed by atoms with van der Waals surface area (Å²) in [5.74, 6) is 2.55. The van der Waals surface area contributed by atoms with E-state index in [-0.39, 0.29) is 5.75 Å². The maximum atomic E-state index is 12.3. The first kappa shape index (κ1) is 19.1. The highest BCUT2D eigenvalue weighted by Crippen LogP contribution is 2.13. The summed E-state index contributed by atoms with van der Waals surface area (Å²) in [4.78, 5) is 6.23. The molecule has 0 saturated carbocycles. The molecule has 0 spiro atoms. The fourth-order valence-electron chi connectivity index (χ4n) is 2.61. The molecule has 0 amide bonds. The molecule has 0 atom stereocenters. The fourth-order valence-corrected chi connectivity index (χ4v) is 5.10. The van der Waals surface area contributed by atoms with Gasteiger partial charge in [-0.3, -0.25) is 4.99 Å². The molecule has 2 rings (SSSR count). The van der Waals surface area contributed by atoms with E-state index in [0.717, 1.165) is 11.5 Å². The number of nitrogens with one attached hydrogen (secondary N) is 1. The lowest BCUT2D eigenvalue weighted by atomic mass is 10.4. The van der Waals surface area contributed by atoms with Crippen LogP contribution >= 0.6 is 11.8 Å². The van der Waals surface area contributed by atoms with Gasteiger partial charge in [0.1, 0.15) is 0 Å². The van der Waals surface area contributed by atoms with Crippen molar-refractivity contribution in [1.82, 2.24) is 19.1 Å².